The molecule has 0 saturated heterocycles. The lowest BCUT2D eigenvalue weighted by Gasteiger charge is -2.23. The zero-order valence-electron chi connectivity index (χ0n) is 11.1. The van der Waals surface area contributed by atoms with E-state index in [1.165, 1.54) is 36.2 Å². The minimum absolute atomic E-state index is 0.233. The molecule has 0 radical (unpaired) electrons. The van der Waals surface area contributed by atoms with E-state index in [0.29, 0.717) is 5.69 Å². The topological polar surface area (TPSA) is 69.6 Å². The van der Waals surface area contributed by atoms with Crippen molar-refractivity contribution in [3.05, 3.63) is 30.1 Å². The van der Waals surface area contributed by atoms with Gasteiger partial charge in [0.1, 0.15) is 11.9 Å². The molecule has 0 aliphatic carbocycles. The Morgan fingerprint density at radius 2 is 1.79 bits per heavy atom. The maximum atomic E-state index is 12.8. The summed E-state index contributed by atoms with van der Waals surface area (Å²) in [6.07, 6.45) is 0. The number of nitrogens with one attached hydrogen (secondary N) is 1. The maximum Gasteiger partial charge on any atom is 0.326 e. The first-order valence-corrected chi connectivity index (χ1v) is 5.85. The van der Waals surface area contributed by atoms with Crippen molar-refractivity contribution in [2.75, 3.05) is 11.9 Å². The quantitative estimate of drug-likeness (QED) is 0.878. The highest BCUT2D eigenvalue weighted by atomic mass is 19.1. The van der Waals surface area contributed by atoms with E-state index in [1.54, 1.807) is 13.8 Å². The van der Waals surface area contributed by atoms with Gasteiger partial charge in [0.15, 0.2) is 0 Å². The Morgan fingerprint density at radius 1 is 1.26 bits per heavy atom. The van der Waals surface area contributed by atoms with Crippen molar-refractivity contribution in [2.45, 2.75) is 19.9 Å². The van der Waals surface area contributed by atoms with Crippen molar-refractivity contribution in [3.8, 4) is 0 Å². The standard InChI is InChI=1S/C13H17FN2O3/c1-8(2)11(12(17)18)15-13(19)16(3)10-6-4-9(14)5-7-10/h4-8,11H,1-3H3,(H,15,19)(H,17,18)/t11-/m1/s1. The SMILES string of the molecule is CC(C)[C@@H](NC(=O)N(C)c1ccc(F)cc1)C(=O)O. The summed E-state index contributed by atoms with van der Waals surface area (Å²) in [4.78, 5) is 24.1. The zero-order valence-corrected chi connectivity index (χ0v) is 11.1. The van der Waals surface area contributed by atoms with Crippen LogP contribution in [0.2, 0.25) is 0 Å². The molecule has 0 heterocycles. The van der Waals surface area contributed by atoms with Gasteiger partial charge in [0, 0.05) is 12.7 Å². The van der Waals surface area contributed by atoms with Gasteiger partial charge in [-0.1, -0.05) is 13.8 Å². The molecule has 0 aliphatic heterocycles. The summed E-state index contributed by atoms with van der Waals surface area (Å²) in [5.41, 5.74) is 0.479. The predicted molar refractivity (Wildman–Crippen MR) is 69.6 cm³/mol. The van der Waals surface area contributed by atoms with Crippen molar-refractivity contribution in [3.63, 3.8) is 0 Å². The smallest absolute Gasteiger partial charge is 0.326 e. The Labute approximate surface area is 111 Å². The first-order chi connectivity index (χ1) is 8.82. The van der Waals surface area contributed by atoms with E-state index >= 15 is 0 Å². The Hall–Kier alpha value is -2.11. The van der Waals surface area contributed by atoms with Crippen LogP contribution in [-0.4, -0.2) is 30.2 Å². The van der Waals surface area contributed by atoms with Gasteiger partial charge in [0.25, 0.3) is 0 Å². The number of hydrogen-bond acceptors (Lipinski definition) is 2. The number of rotatable bonds is 4. The maximum absolute atomic E-state index is 12.8. The highest BCUT2D eigenvalue weighted by Crippen LogP contribution is 2.13. The number of carbonyl (C=O) groups excluding carboxylic acids is 1. The van der Waals surface area contributed by atoms with Gasteiger partial charge in [-0.05, 0) is 30.2 Å². The Kier molecular flexibility index (Phi) is 4.86. The van der Waals surface area contributed by atoms with Crippen LogP contribution in [0.25, 0.3) is 0 Å². The van der Waals surface area contributed by atoms with Crippen LogP contribution in [-0.2, 0) is 4.79 Å². The first-order valence-electron chi connectivity index (χ1n) is 5.85. The molecule has 2 N–H and O–H groups in total. The molecule has 0 spiro atoms. The lowest BCUT2D eigenvalue weighted by Crippen LogP contribution is -2.49. The minimum Gasteiger partial charge on any atom is -0.480 e. The molecule has 0 aliphatic rings. The fourth-order valence-electron chi connectivity index (χ4n) is 1.53. The van der Waals surface area contributed by atoms with Gasteiger partial charge in [0.05, 0.1) is 0 Å². The predicted octanol–water partition coefficient (Wildman–Crippen LogP) is 2.08. The fourth-order valence-corrected chi connectivity index (χ4v) is 1.53. The molecule has 6 heteroatoms. The number of hydrogen-bond donors (Lipinski definition) is 2. The van der Waals surface area contributed by atoms with Crippen molar-refractivity contribution < 1.29 is 19.1 Å². The second kappa shape index (κ2) is 6.17. The Balaban J connectivity index is 2.77. The molecule has 0 aromatic heterocycles. The number of benzene rings is 1. The third kappa shape index (κ3) is 3.94. The molecule has 104 valence electrons. The van der Waals surface area contributed by atoms with E-state index in [9.17, 15) is 14.0 Å². The Bertz CT molecular complexity index is 459. The number of anilines is 1. The van der Waals surface area contributed by atoms with Crippen molar-refractivity contribution in [2.24, 2.45) is 5.92 Å². The van der Waals surface area contributed by atoms with Crippen LogP contribution in [0.3, 0.4) is 0 Å². The van der Waals surface area contributed by atoms with Crippen molar-refractivity contribution in [1.29, 1.82) is 0 Å². The molecular weight excluding hydrogens is 251 g/mol. The van der Waals surface area contributed by atoms with E-state index in [-0.39, 0.29) is 5.92 Å². The number of halogens is 1. The van der Waals surface area contributed by atoms with E-state index in [2.05, 4.69) is 5.32 Å². The van der Waals surface area contributed by atoms with Crippen LogP contribution in [0.1, 0.15) is 13.8 Å². The van der Waals surface area contributed by atoms with Crippen molar-refractivity contribution in [1.82, 2.24) is 5.32 Å². The number of carbonyl (C=O) groups is 2. The average molecular weight is 268 g/mol. The number of amides is 2. The molecular formula is C13H17FN2O3. The summed E-state index contributed by atoms with van der Waals surface area (Å²) >= 11 is 0. The summed E-state index contributed by atoms with van der Waals surface area (Å²) in [5.74, 6) is -1.72. The van der Waals surface area contributed by atoms with Gasteiger partial charge in [-0.25, -0.2) is 14.0 Å². The number of nitrogens with zero attached hydrogens (tertiary/aromatic N) is 1. The summed E-state index contributed by atoms with van der Waals surface area (Å²) in [7, 11) is 1.49. The van der Waals surface area contributed by atoms with Gasteiger partial charge in [-0.15, -0.1) is 0 Å². The van der Waals surface area contributed by atoms with Gasteiger partial charge in [-0.2, -0.15) is 0 Å². The normalized spacial score (nSPS) is 12.1. The zero-order chi connectivity index (χ0) is 14.6. The molecule has 0 saturated carbocycles. The summed E-state index contributed by atoms with van der Waals surface area (Å²) in [6, 6.07) is 3.84. The van der Waals surface area contributed by atoms with Crippen LogP contribution >= 0.6 is 0 Å². The third-order valence-electron chi connectivity index (χ3n) is 2.73. The summed E-state index contributed by atoms with van der Waals surface area (Å²) < 4.78 is 12.8. The average Bonchev–Trinajstić information content (AvgIpc) is 2.34. The molecule has 19 heavy (non-hydrogen) atoms. The lowest BCUT2D eigenvalue weighted by molar-refractivity contribution is -0.140. The number of carboxylic acid groups (broad SMARTS) is 1. The van der Waals surface area contributed by atoms with Gasteiger partial charge in [0.2, 0.25) is 0 Å². The highest BCUT2D eigenvalue weighted by molar-refractivity contribution is 5.94. The Morgan fingerprint density at radius 3 is 2.21 bits per heavy atom. The van der Waals surface area contributed by atoms with E-state index in [4.69, 9.17) is 5.11 Å². The fraction of sp³-hybridized carbons (Fsp3) is 0.385. The van der Waals surface area contributed by atoms with Gasteiger partial charge < -0.3 is 10.4 Å². The van der Waals surface area contributed by atoms with Gasteiger partial charge >= 0.3 is 12.0 Å². The second-order valence-corrected chi connectivity index (χ2v) is 4.54. The largest absolute Gasteiger partial charge is 0.480 e. The molecule has 1 aromatic carbocycles. The second-order valence-electron chi connectivity index (χ2n) is 4.54. The molecule has 1 aromatic rings. The van der Waals surface area contributed by atoms with Crippen LogP contribution < -0.4 is 10.2 Å². The molecule has 0 fully saturated rings. The number of carboxylic acids is 1. The third-order valence-corrected chi connectivity index (χ3v) is 2.73. The van der Waals surface area contributed by atoms with Crippen LogP contribution in [0.15, 0.2) is 24.3 Å². The van der Waals surface area contributed by atoms with E-state index < -0.39 is 23.9 Å². The van der Waals surface area contributed by atoms with Crippen molar-refractivity contribution >= 4 is 17.7 Å². The first kappa shape index (κ1) is 14.9. The minimum atomic E-state index is -1.09. The molecule has 5 nitrogen and oxygen atoms in total. The monoisotopic (exact) mass is 268 g/mol. The summed E-state index contributed by atoms with van der Waals surface area (Å²) in [6.45, 7) is 3.41. The molecule has 0 bridgehead atoms. The molecule has 0 unspecified atom stereocenters. The molecule has 1 atom stereocenters. The molecule has 2 amide bonds. The highest BCUT2D eigenvalue weighted by Gasteiger charge is 2.25. The number of aliphatic carboxylic acids is 1. The molecule has 1 rings (SSSR count). The van der Waals surface area contributed by atoms with Crippen LogP contribution in [0.4, 0.5) is 14.9 Å². The van der Waals surface area contributed by atoms with E-state index in [0.717, 1.165) is 0 Å². The van der Waals surface area contributed by atoms with Crippen LogP contribution in [0, 0.1) is 11.7 Å². The number of urea groups is 1. The lowest BCUT2D eigenvalue weighted by atomic mass is 10.1. The summed E-state index contributed by atoms with van der Waals surface area (Å²) in [5, 5.41) is 11.4. The van der Waals surface area contributed by atoms with Crippen LogP contribution in [0.5, 0.6) is 0 Å². The van der Waals surface area contributed by atoms with Gasteiger partial charge in [-0.3, -0.25) is 4.90 Å². The van der Waals surface area contributed by atoms with E-state index in [1.807, 2.05) is 0 Å².